The number of hydrogen-bond donors (Lipinski definition) is 0. The molecule has 1 amide bonds. The number of fused-ring (bicyclic) bond motifs is 1. The molecule has 3 atom stereocenters. The molecule has 51 heavy (non-hydrogen) atoms. The molecular formula is C42H49INO5PSi. The first-order valence-electron chi connectivity index (χ1n) is 17.9. The summed E-state index contributed by atoms with van der Waals surface area (Å²) < 4.78 is 18.2. The van der Waals surface area contributed by atoms with Gasteiger partial charge in [-0.05, 0) is 85.6 Å². The quantitative estimate of drug-likeness (QED) is 0.0576. The number of β-lactam (4-membered cyclic amide) rings is 1. The zero-order valence-electron chi connectivity index (χ0n) is 30.3. The first-order valence-corrected chi connectivity index (χ1v) is 22.4. The minimum Gasteiger partial charge on any atom is -1.00 e. The van der Waals surface area contributed by atoms with Gasteiger partial charge >= 0.3 is 5.97 Å². The van der Waals surface area contributed by atoms with Gasteiger partial charge < -0.3 is 42.8 Å². The van der Waals surface area contributed by atoms with E-state index < -0.39 is 21.5 Å². The van der Waals surface area contributed by atoms with E-state index in [1.807, 2.05) is 42.5 Å². The van der Waals surface area contributed by atoms with Gasteiger partial charge in [-0.1, -0.05) is 87.5 Å². The van der Waals surface area contributed by atoms with E-state index in [2.05, 4.69) is 100 Å². The van der Waals surface area contributed by atoms with Gasteiger partial charge in [-0.3, -0.25) is 4.79 Å². The Morgan fingerprint density at radius 1 is 0.804 bits per heavy atom. The Morgan fingerprint density at radius 3 is 1.75 bits per heavy atom. The third kappa shape index (κ3) is 7.61. The van der Waals surface area contributed by atoms with Crippen molar-refractivity contribution < 1.29 is 47.5 Å². The first kappa shape index (κ1) is 38.9. The summed E-state index contributed by atoms with van der Waals surface area (Å²) in [6.45, 7) is 8.81. The fourth-order valence-corrected chi connectivity index (χ4v) is 15.2. The highest BCUT2D eigenvalue weighted by Gasteiger charge is 2.60. The Hall–Kier alpha value is -3.30. The summed E-state index contributed by atoms with van der Waals surface area (Å²) in [5.41, 5.74) is 2.24. The van der Waals surface area contributed by atoms with Crippen molar-refractivity contribution in [2.24, 2.45) is 5.92 Å². The number of methoxy groups -OCH3 is 1. The second-order valence-electron chi connectivity index (χ2n) is 13.4. The summed E-state index contributed by atoms with van der Waals surface area (Å²) in [6.07, 6.45) is 1.02. The Labute approximate surface area is 322 Å². The van der Waals surface area contributed by atoms with Crippen molar-refractivity contribution >= 4 is 43.4 Å². The molecule has 6 rings (SSSR count). The maximum Gasteiger partial charge on any atom is 0.355 e. The Balaban J connectivity index is 0.00000504. The molecular weight excluding hydrogens is 784 g/mol. The van der Waals surface area contributed by atoms with Crippen molar-refractivity contribution in [2.45, 2.75) is 71.0 Å². The van der Waals surface area contributed by atoms with Crippen LogP contribution in [0.15, 0.2) is 127 Å². The summed E-state index contributed by atoms with van der Waals surface area (Å²) in [6, 6.07) is 42.4. The lowest BCUT2D eigenvalue weighted by molar-refractivity contribution is -0.162. The number of carbonyl (C=O) groups excluding carboxylic acids is 2. The second-order valence-corrected chi connectivity index (χ2v) is 21.6. The minimum absolute atomic E-state index is 0. The number of ether oxygens (including phenoxy) is 2. The van der Waals surface area contributed by atoms with E-state index >= 15 is 0 Å². The maximum atomic E-state index is 14.3. The number of benzene rings is 4. The van der Waals surface area contributed by atoms with Crippen LogP contribution >= 0.6 is 7.26 Å². The molecule has 2 aliphatic rings. The fraction of sp³-hybridized carbons (Fsp3) is 0.333. The van der Waals surface area contributed by atoms with Crippen LogP contribution in [-0.4, -0.2) is 50.5 Å². The Morgan fingerprint density at radius 2 is 1.29 bits per heavy atom. The molecule has 4 aromatic rings. The van der Waals surface area contributed by atoms with Gasteiger partial charge in [0.1, 0.15) is 41.2 Å². The highest BCUT2D eigenvalue weighted by molar-refractivity contribution is 7.95. The zero-order valence-corrected chi connectivity index (χ0v) is 34.3. The summed E-state index contributed by atoms with van der Waals surface area (Å²) in [5.74, 6) is -0.0542. The van der Waals surface area contributed by atoms with Crippen LogP contribution in [0.25, 0.3) is 0 Å². The highest BCUT2D eigenvalue weighted by atomic mass is 127. The number of hydrogen-bond acceptors (Lipinski definition) is 5. The smallest absolute Gasteiger partial charge is 0.355 e. The molecule has 0 spiro atoms. The molecule has 0 N–H and O–H groups in total. The monoisotopic (exact) mass is 833 g/mol. The number of nitrogens with zero attached hydrogens (tertiary/aromatic N) is 1. The van der Waals surface area contributed by atoms with E-state index in [0.29, 0.717) is 18.3 Å². The molecule has 4 aromatic carbocycles. The standard InChI is InChI=1S/C42H49NO5PSi.HI/c1-6-50(7-2,8-3)48-31(4)39-38-28-33(40(43(38)41(39)44)42(45)47-29-32-24-26-34(46-5)27-25-32)30-49(35-18-12-9-13-19-35,36-20-14-10-15-21-36)37-22-16-11-17-23-37;/h9-27,31,38-39H,6-8,28-30H2,1-5H3;1H/q+1;/p-1/t31-,38-,39-;/m1./s1. The van der Waals surface area contributed by atoms with E-state index in [1.54, 1.807) is 12.0 Å². The van der Waals surface area contributed by atoms with E-state index in [-0.39, 0.29) is 54.6 Å². The lowest BCUT2D eigenvalue weighted by atomic mass is 9.83. The van der Waals surface area contributed by atoms with Crippen molar-refractivity contribution in [1.82, 2.24) is 4.90 Å². The van der Waals surface area contributed by atoms with Crippen molar-refractivity contribution in [3.05, 3.63) is 132 Å². The van der Waals surface area contributed by atoms with Crippen molar-refractivity contribution in [2.75, 3.05) is 13.3 Å². The average molecular weight is 834 g/mol. The average Bonchev–Trinajstić information content (AvgIpc) is 3.49. The highest BCUT2D eigenvalue weighted by Crippen LogP contribution is 2.59. The van der Waals surface area contributed by atoms with Crippen LogP contribution in [-0.2, 0) is 25.4 Å². The molecule has 0 bridgehead atoms. The van der Waals surface area contributed by atoms with Gasteiger partial charge in [0.25, 0.3) is 0 Å². The minimum atomic E-state index is -2.34. The Kier molecular flexibility index (Phi) is 13.0. The molecule has 268 valence electrons. The predicted molar refractivity (Wildman–Crippen MR) is 206 cm³/mol. The van der Waals surface area contributed by atoms with E-state index in [4.69, 9.17) is 13.9 Å². The van der Waals surface area contributed by atoms with E-state index in [9.17, 15) is 9.59 Å². The number of rotatable bonds is 15. The van der Waals surface area contributed by atoms with Gasteiger partial charge in [0, 0.05) is 5.57 Å². The van der Waals surface area contributed by atoms with Crippen LogP contribution < -0.4 is 44.6 Å². The Bertz CT molecular complexity index is 1700. The number of amides is 1. The summed E-state index contributed by atoms with van der Waals surface area (Å²) in [7, 11) is -2.68. The predicted octanol–water partition coefficient (Wildman–Crippen LogP) is 4.63. The summed E-state index contributed by atoms with van der Waals surface area (Å²) in [5, 5.41) is 3.69. The van der Waals surface area contributed by atoms with Crippen LogP contribution in [0.4, 0.5) is 0 Å². The van der Waals surface area contributed by atoms with Crippen molar-refractivity contribution in [1.29, 1.82) is 0 Å². The third-order valence-corrected chi connectivity index (χ3v) is 20.0. The number of carbonyl (C=O) groups is 2. The molecule has 0 radical (unpaired) electrons. The summed E-state index contributed by atoms with van der Waals surface area (Å²) in [4.78, 5) is 30.3. The van der Waals surface area contributed by atoms with Crippen LogP contribution in [0.5, 0.6) is 5.75 Å². The number of esters is 1. The third-order valence-electron chi connectivity index (χ3n) is 10.9. The SMILES string of the molecule is CC[Si](CC)(CC)O[C@H](C)[C@H]1C(=O)N2C(C(=O)OCc3ccc(OC)cc3)=C(C[P+](c3ccccc3)(c3ccccc3)c3ccccc3)C[C@H]12.[I-]. The van der Waals surface area contributed by atoms with Crippen LogP contribution in [0.3, 0.4) is 0 Å². The van der Waals surface area contributed by atoms with Gasteiger partial charge in [0.15, 0.2) is 8.32 Å². The molecule has 2 aliphatic heterocycles. The second kappa shape index (κ2) is 17.0. The van der Waals surface area contributed by atoms with Crippen molar-refractivity contribution in [3.8, 4) is 5.75 Å². The van der Waals surface area contributed by atoms with Crippen LogP contribution in [0, 0.1) is 5.92 Å². The molecule has 0 saturated carbocycles. The molecule has 0 aromatic heterocycles. The number of halogens is 1. The molecule has 0 aliphatic carbocycles. The van der Waals surface area contributed by atoms with Crippen LogP contribution in [0.1, 0.15) is 39.7 Å². The summed E-state index contributed by atoms with van der Waals surface area (Å²) >= 11 is 0. The van der Waals surface area contributed by atoms with Gasteiger partial charge in [-0.2, -0.15) is 0 Å². The van der Waals surface area contributed by atoms with Crippen LogP contribution in [0.2, 0.25) is 18.1 Å². The first-order chi connectivity index (χ1) is 24.3. The van der Waals surface area contributed by atoms with E-state index in [1.165, 1.54) is 15.9 Å². The lowest BCUT2D eigenvalue weighted by Gasteiger charge is -2.48. The van der Waals surface area contributed by atoms with Gasteiger partial charge in [-0.25, -0.2) is 4.79 Å². The normalized spacial score (nSPS) is 17.7. The lowest BCUT2D eigenvalue weighted by Crippen LogP contribution is -3.00. The van der Waals surface area contributed by atoms with Gasteiger partial charge in [0.2, 0.25) is 5.91 Å². The maximum absolute atomic E-state index is 14.3. The molecule has 1 fully saturated rings. The van der Waals surface area contributed by atoms with Gasteiger partial charge in [-0.15, -0.1) is 0 Å². The zero-order chi connectivity index (χ0) is 35.3. The molecule has 6 nitrogen and oxygen atoms in total. The molecule has 0 unspecified atom stereocenters. The molecule has 1 saturated heterocycles. The van der Waals surface area contributed by atoms with Gasteiger partial charge in [0.05, 0.1) is 31.3 Å². The largest absolute Gasteiger partial charge is 1.00 e. The van der Waals surface area contributed by atoms with E-state index in [0.717, 1.165) is 35.0 Å². The fourth-order valence-electron chi connectivity index (χ4n) is 7.94. The van der Waals surface area contributed by atoms with Crippen molar-refractivity contribution in [3.63, 3.8) is 0 Å². The molecule has 2 heterocycles. The molecule has 9 heteroatoms. The topological polar surface area (TPSA) is 65.1 Å².